The Bertz CT molecular complexity index is 1450. The SMILES string of the molecule is CCOC(=O)C(C)(C)CCCCc1cccc(C2Oc3cccc(OC)c3-c3ccc(CS(N)(=O)=O)cc32)c1. The molecule has 3 aromatic rings. The maximum Gasteiger partial charge on any atom is 0.311 e. The summed E-state index contributed by atoms with van der Waals surface area (Å²) in [6, 6.07) is 19.5. The predicted molar refractivity (Wildman–Crippen MR) is 152 cm³/mol. The molecule has 0 saturated heterocycles. The van der Waals surface area contributed by atoms with Crippen molar-refractivity contribution in [2.75, 3.05) is 13.7 Å². The molecule has 39 heavy (non-hydrogen) atoms. The number of unbranched alkanes of at least 4 members (excludes halogenated alkanes) is 1. The van der Waals surface area contributed by atoms with E-state index in [9.17, 15) is 13.2 Å². The number of hydrogen-bond acceptors (Lipinski definition) is 6. The normalized spacial score (nSPS) is 14.6. The fourth-order valence-corrected chi connectivity index (χ4v) is 5.74. The Kier molecular flexibility index (Phi) is 8.67. The van der Waals surface area contributed by atoms with Crippen LogP contribution in [-0.4, -0.2) is 28.1 Å². The van der Waals surface area contributed by atoms with E-state index in [-0.39, 0.29) is 11.7 Å². The van der Waals surface area contributed by atoms with Crippen LogP contribution in [0.5, 0.6) is 11.5 Å². The van der Waals surface area contributed by atoms with Crippen LogP contribution in [0.25, 0.3) is 11.1 Å². The Balaban J connectivity index is 1.60. The second kappa shape index (κ2) is 11.8. The Morgan fingerprint density at radius 3 is 2.51 bits per heavy atom. The zero-order valence-electron chi connectivity index (χ0n) is 23.0. The van der Waals surface area contributed by atoms with Gasteiger partial charge in [0.1, 0.15) is 17.6 Å². The smallest absolute Gasteiger partial charge is 0.311 e. The Hall–Kier alpha value is -3.36. The first-order valence-corrected chi connectivity index (χ1v) is 15.0. The van der Waals surface area contributed by atoms with Crippen LogP contribution < -0.4 is 14.6 Å². The molecule has 4 rings (SSSR count). The number of fused-ring (bicyclic) bond motifs is 3. The summed E-state index contributed by atoms with van der Waals surface area (Å²) < 4.78 is 41.0. The third-order valence-electron chi connectivity index (χ3n) is 7.09. The zero-order chi connectivity index (χ0) is 28.2. The number of benzene rings is 3. The molecule has 8 heteroatoms. The minimum Gasteiger partial charge on any atom is -0.496 e. The van der Waals surface area contributed by atoms with Crippen LogP contribution >= 0.6 is 0 Å². The molecule has 0 aliphatic carbocycles. The van der Waals surface area contributed by atoms with E-state index in [0.717, 1.165) is 47.9 Å². The number of methoxy groups -OCH3 is 1. The molecule has 0 amide bonds. The molecule has 0 spiro atoms. The number of primary sulfonamides is 1. The van der Waals surface area contributed by atoms with Gasteiger partial charge >= 0.3 is 5.97 Å². The Labute approximate surface area is 231 Å². The molecule has 0 saturated carbocycles. The Morgan fingerprint density at radius 2 is 1.79 bits per heavy atom. The van der Waals surface area contributed by atoms with Gasteiger partial charge in [0.05, 0.1) is 30.4 Å². The zero-order valence-corrected chi connectivity index (χ0v) is 23.8. The van der Waals surface area contributed by atoms with E-state index in [2.05, 4.69) is 12.1 Å². The number of hydrogen-bond donors (Lipinski definition) is 1. The van der Waals surface area contributed by atoms with E-state index in [1.54, 1.807) is 13.2 Å². The maximum absolute atomic E-state index is 12.2. The number of nitrogens with two attached hydrogens (primary N) is 1. The summed E-state index contributed by atoms with van der Waals surface area (Å²) in [4.78, 5) is 12.2. The standard InChI is InChI=1S/C31H37NO6S/c1-5-37-30(33)31(2,3)17-7-6-10-21-11-8-12-23(18-21)29-25-19-22(20-39(32,34)35)15-16-24(25)28-26(36-4)13-9-14-27(28)38-29/h8-9,11-16,18-19,29H,5-7,10,17,20H2,1-4H3,(H2,32,34,35). The van der Waals surface area contributed by atoms with Gasteiger partial charge in [0.25, 0.3) is 0 Å². The molecule has 0 aromatic heterocycles. The average Bonchev–Trinajstić information content (AvgIpc) is 2.89. The molecule has 3 aromatic carbocycles. The average molecular weight is 552 g/mol. The molecule has 7 nitrogen and oxygen atoms in total. The van der Waals surface area contributed by atoms with Crippen molar-refractivity contribution in [2.45, 2.75) is 58.3 Å². The molecule has 0 bridgehead atoms. The van der Waals surface area contributed by atoms with Crippen LogP contribution in [0.4, 0.5) is 0 Å². The number of aryl methyl sites for hydroxylation is 1. The highest BCUT2D eigenvalue weighted by atomic mass is 32.2. The van der Waals surface area contributed by atoms with E-state index in [1.165, 1.54) is 5.56 Å². The monoisotopic (exact) mass is 551 g/mol. The van der Waals surface area contributed by atoms with Crippen molar-refractivity contribution in [2.24, 2.45) is 10.6 Å². The third-order valence-corrected chi connectivity index (χ3v) is 7.82. The van der Waals surface area contributed by atoms with Gasteiger partial charge in [-0.1, -0.05) is 55.0 Å². The summed E-state index contributed by atoms with van der Waals surface area (Å²) in [5.41, 5.74) is 4.88. The van der Waals surface area contributed by atoms with Crippen molar-refractivity contribution in [3.05, 3.63) is 82.9 Å². The lowest BCUT2D eigenvalue weighted by molar-refractivity contribution is -0.153. The predicted octanol–water partition coefficient (Wildman–Crippen LogP) is 5.93. The van der Waals surface area contributed by atoms with Crippen LogP contribution in [-0.2, 0) is 31.7 Å². The summed E-state index contributed by atoms with van der Waals surface area (Å²) in [5, 5.41) is 5.34. The van der Waals surface area contributed by atoms with Gasteiger partial charge in [-0.25, -0.2) is 13.6 Å². The highest BCUT2D eigenvalue weighted by molar-refractivity contribution is 7.88. The molecule has 1 aliphatic rings. The van der Waals surface area contributed by atoms with Gasteiger partial charge in [0.15, 0.2) is 0 Å². The quantitative estimate of drug-likeness (QED) is 0.234. The van der Waals surface area contributed by atoms with Crippen molar-refractivity contribution in [3.63, 3.8) is 0 Å². The van der Waals surface area contributed by atoms with Gasteiger partial charge in [-0.05, 0) is 74.4 Å². The second-order valence-corrected chi connectivity index (χ2v) is 12.2. The lowest BCUT2D eigenvalue weighted by Crippen LogP contribution is -2.26. The molecular formula is C31H37NO6S. The van der Waals surface area contributed by atoms with Crippen molar-refractivity contribution in [1.82, 2.24) is 0 Å². The number of sulfonamides is 1. The van der Waals surface area contributed by atoms with Crippen molar-refractivity contribution >= 4 is 16.0 Å². The lowest BCUT2D eigenvalue weighted by Gasteiger charge is -2.31. The molecule has 0 radical (unpaired) electrons. The molecule has 1 unspecified atom stereocenters. The van der Waals surface area contributed by atoms with Crippen LogP contribution in [0.15, 0.2) is 60.7 Å². The summed E-state index contributed by atoms with van der Waals surface area (Å²) in [6.45, 7) is 6.08. The highest BCUT2D eigenvalue weighted by Crippen LogP contribution is 2.49. The van der Waals surface area contributed by atoms with E-state index < -0.39 is 21.5 Å². The first-order chi connectivity index (χ1) is 18.5. The minimum atomic E-state index is -3.69. The summed E-state index contributed by atoms with van der Waals surface area (Å²) in [5.74, 6) is 0.982. The van der Waals surface area contributed by atoms with E-state index in [1.807, 2.05) is 63.2 Å². The van der Waals surface area contributed by atoms with Crippen molar-refractivity contribution < 1.29 is 27.4 Å². The number of ether oxygens (including phenoxy) is 3. The van der Waals surface area contributed by atoms with E-state index in [4.69, 9.17) is 19.3 Å². The van der Waals surface area contributed by atoms with Crippen LogP contribution in [0.2, 0.25) is 0 Å². The fraction of sp³-hybridized carbons (Fsp3) is 0.387. The molecule has 1 aliphatic heterocycles. The number of carbonyl (C=O) groups is 1. The topological polar surface area (TPSA) is 105 Å². The second-order valence-electron chi connectivity index (χ2n) is 10.6. The third kappa shape index (κ3) is 6.81. The Morgan fingerprint density at radius 1 is 1.03 bits per heavy atom. The molecular weight excluding hydrogens is 514 g/mol. The van der Waals surface area contributed by atoms with Crippen LogP contribution in [0, 0.1) is 5.41 Å². The molecule has 2 N–H and O–H groups in total. The number of rotatable bonds is 11. The first-order valence-electron chi connectivity index (χ1n) is 13.3. The molecule has 208 valence electrons. The van der Waals surface area contributed by atoms with Gasteiger partial charge in [-0.15, -0.1) is 0 Å². The molecule has 0 fully saturated rings. The fourth-order valence-electron chi connectivity index (χ4n) is 5.10. The van der Waals surface area contributed by atoms with Gasteiger partial charge in [-0.2, -0.15) is 0 Å². The van der Waals surface area contributed by atoms with Gasteiger partial charge < -0.3 is 14.2 Å². The highest BCUT2D eigenvalue weighted by Gasteiger charge is 2.31. The van der Waals surface area contributed by atoms with E-state index in [0.29, 0.717) is 23.7 Å². The summed E-state index contributed by atoms with van der Waals surface area (Å²) in [7, 11) is -2.07. The molecule has 1 heterocycles. The maximum atomic E-state index is 12.2. The number of esters is 1. The summed E-state index contributed by atoms with van der Waals surface area (Å²) in [6.07, 6.45) is 3.04. The van der Waals surface area contributed by atoms with Gasteiger partial charge in [-0.3, -0.25) is 4.79 Å². The lowest BCUT2D eigenvalue weighted by atomic mass is 9.86. The molecule has 1 atom stereocenters. The minimum absolute atomic E-state index is 0.154. The van der Waals surface area contributed by atoms with Crippen molar-refractivity contribution in [1.29, 1.82) is 0 Å². The van der Waals surface area contributed by atoms with Crippen LogP contribution in [0.1, 0.15) is 68.4 Å². The van der Waals surface area contributed by atoms with Gasteiger partial charge in [0, 0.05) is 5.56 Å². The van der Waals surface area contributed by atoms with E-state index >= 15 is 0 Å². The summed E-state index contributed by atoms with van der Waals surface area (Å²) >= 11 is 0. The van der Waals surface area contributed by atoms with Gasteiger partial charge in [0.2, 0.25) is 10.0 Å². The number of carbonyl (C=O) groups excluding carboxylic acids is 1. The first kappa shape index (κ1) is 28.6. The van der Waals surface area contributed by atoms with Crippen molar-refractivity contribution in [3.8, 4) is 22.6 Å². The largest absolute Gasteiger partial charge is 0.496 e. The van der Waals surface area contributed by atoms with Crippen LogP contribution in [0.3, 0.4) is 0 Å².